The fourth-order valence-electron chi connectivity index (χ4n) is 2.24. The van der Waals surface area contributed by atoms with Crippen LogP contribution in [0.25, 0.3) is 0 Å². The minimum Gasteiger partial charge on any atom is 1.00 e. The van der Waals surface area contributed by atoms with Crippen LogP contribution < -0.4 is 19.6 Å². The molecule has 146 valence electrons. The molecule has 0 amide bonds. The molecule has 0 rings (SSSR count). The predicted molar refractivity (Wildman–Crippen MR) is 104 cm³/mol. The Hall–Kier alpha value is 7.71. The zero-order valence-electron chi connectivity index (χ0n) is 18.7. The predicted octanol–water partition coefficient (Wildman–Crippen LogP) is 2.02. The molecule has 0 unspecified atom stereocenters. The molecule has 0 aromatic heterocycles. The van der Waals surface area contributed by atoms with E-state index in [2.05, 4.69) is 0 Å². The molecule has 0 fully saturated rings. The molecule has 0 aliphatic heterocycles. The van der Waals surface area contributed by atoms with E-state index in [0.29, 0.717) is 49.2 Å². The van der Waals surface area contributed by atoms with Gasteiger partial charge in [0, 0.05) is 0 Å². The molecule has 0 heterocycles. The van der Waals surface area contributed by atoms with Crippen molar-refractivity contribution in [1.29, 1.82) is 0 Å². The van der Waals surface area contributed by atoms with Crippen LogP contribution in [0.5, 0.6) is 0 Å². The molecule has 0 saturated heterocycles. The van der Waals surface area contributed by atoms with Crippen LogP contribution in [-0.4, -0.2) is 21.0 Å². The summed E-state index contributed by atoms with van der Waals surface area (Å²) in [4.78, 5) is 46.5. The molecule has 0 aromatic rings. The van der Waals surface area contributed by atoms with Gasteiger partial charge in [-0.25, -0.2) is 0 Å². The van der Waals surface area contributed by atoms with E-state index in [1.54, 1.807) is 0 Å². The van der Waals surface area contributed by atoms with E-state index < -0.39 is 31.5 Å². The third-order valence-electron chi connectivity index (χ3n) is 2.76. The summed E-state index contributed by atoms with van der Waals surface area (Å²) >= 11 is 0.596. The second-order valence-corrected chi connectivity index (χ2v) is 42.8. The molecule has 16 heteroatoms. The average Bonchev–Trinajstić information content (AvgIpc) is 2.36. The van der Waals surface area contributed by atoms with Gasteiger partial charge in [0.2, 0.25) is 0 Å². The smallest absolute Gasteiger partial charge is 1.00 e. The van der Waals surface area contributed by atoms with Gasteiger partial charge in [-0.15, -0.1) is 0 Å². The third kappa shape index (κ3) is 20.7. The molecule has 0 N–H and O–H groups in total. The first-order chi connectivity index (χ1) is 10.7. The second-order valence-electron chi connectivity index (χ2n) is 6.04. The normalized spacial score (nSPS) is 11.6. The van der Waals surface area contributed by atoms with Crippen molar-refractivity contribution in [2.24, 2.45) is 0 Å². The van der Waals surface area contributed by atoms with E-state index >= 15 is 0 Å². The van der Waals surface area contributed by atoms with Crippen molar-refractivity contribution >= 4 is 47.3 Å². The van der Waals surface area contributed by atoms with Gasteiger partial charge < -0.3 is 0 Å². The summed E-state index contributed by atoms with van der Waals surface area (Å²) in [6.45, 7) is 16.0. The maximum atomic E-state index is 11.6. The van der Waals surface area contributed by atoms with E-state index in [1.807, 2.05) is 55.4 Å². The van der Waals surface area contributed by atoms with Gasteiger partial charge in [0.15, 0.2) is 0 Å². The van der Waals surface area contributed by atoms with Crippen LogP contribution in [0.1, 0.15) is 55.4 Å². The average molecular weight is 1630 g/mol. The van der Waals surface area contributed by atoms with Crippen molar-refractivity contribution in [3.63, 3.8) is 0 Å². The van der Waals surface area contributed by atoms with Gasteiger partial charge in [-0.05, 0) is 0 Å². The molecule has 0 aliphatic carbocycles. The van der Waals surface area contributed by atoms with Crippen molar-refractivity contribution in [3.05, 3.63) is 0 Å². The van der Waals surface area contributed by atoms with Crippen LogP contribution >= 0.6 is 27.1 Å². The molecule has 0 saturated carbocycles. The van der Waals surface area contributed by atoms with Crippen LogP contribution in [0.3, 0.4) is 0 Å². The Morgan fingerprint density at radius 2 is 0.679 bits per heavy atom. The zero-order chi connectivity index (χ0) is 19.9. The van der Waals surface area contributed by atoms with Crippen LogP contribution in [0.2, 0.25) is 0 Å². The molecular weight excluding hydrogens is 1600 g/mol. The molecule has 0 aromatic carbocycles. The number of rotatable bonds is 6. The van der Waals surface area contributed by atoms with Crippen molar-refractivity contribution in [2.45, 2.75) is 76.4 Å². The van der Waals surface area contributed by atoms with Gasteiger partial charge >= 0.3 is 303 Å². The first-order valence-corrected chi connectivity index (χ1v) is 31.4. The summed E-state index contributed by atoms with van der Waals surface area (Å²) in [5.41, 5.74) is -6.23. The number of hydrogen-bond donors (Lipinski definition) is 0. The molecule has 4 radical (unpaired) electrons. The van der Waals surface area contributed by atoms with Crippen molar-refractivity contribution in [1.82, 2.24) is 0 Å². The molecule has 0 aliphatic rings. The monoisotopic (exact) mass is 1640 g/mol. The minimum atomic E-state index is -3.11. The second kappa shape index (κ2) is 25.0. The summed E-state index contributed by atoms with van der Waals surface area (Å²) < 4.78 is 0. The Kier molecular flexibility index (Phi) is 43.5. The van der Waals surface area contributed by atoms with Gasteiger partial charge in [0.25, 0.3) is 0 Å². The van der Waals surface area contributed by atoms with Crippen molar-refractivity contribution in [3.8, 4) is 0 Å². The molecule has 0 spiro atoms. The maximum Gasteiger partial charge on any atom is 1.00 e. The van der Waals surface area contributed by atoms with Crippen LogP contribution in [0.15, 0.2) is 0 Å². The van der Waals surface area contributed by atoms with Gasteiger partial charge in [-0.1, -0.05) is 0 Å². The van der Waals surface area contributed by atoms with Crippen LogP contribution in [0.4, 0.5) is 0 Å². The van der Waals surface area contributed by atoms with E-state index in [1.165, 1.54) is 15.7 Å². The Balaban J connectivity index is -0.0000000756. The minimum absolute atomic E-state index is 0. The fraction of sp³-hybridized carbons (Fsp3) is 1.00. The van der Waals surface area contributed by atoms with E-state index in [0.717, 1.165) is 0 Å². The summed E-state index contributed by atoms with van der Waals surface area (Å²) in [6.07, 6.45) is 0. The Morgan fingerprint density at radius 1 is 0.536 bits per heavy atom. The van der Waals surface area contributed by atoms with Crippen LogP contribution in [0, 0.1) is 0 Å². The van der Waals surface area contributed by atoms with E-state index in [9.17, 15) is 19.6 Å². The molecular formula is C12H28Hg6O4P2S4. The molecule has 28 heavy (non-hydrogen) atoms. The van der Waals surface area contributed by atoms with E-state index in [4.69, 9.17) is 0 Å². The van der Waals surface area contributed by atoms with Gasteiger partial charge in [0.1, 0.15) is 0 Å². The first-order valence-electron chi connectivity index (χ1n) is 7.60. The fourth-order valence-corrected chi connectivity index (χ4v) is 47.6. The topological polar surface area (TPSA) is 92.2 Å². The summed E-state index contributed by atoms with van der Waals surface area (Å²) in [5, 5.41) is 1.07. The largest absolute Gasteiger partial charge is 1.00 e. The summed E-state index contributed by atoms with van der Waals surface area (Å²) in [6, 6.07) is 0. The first kappa shape index (κ1) is 48.7. The van der Waals surface area contributed by atoms with Gasteiger partial charge in [-0.2, -0.15) is 0 Å². The summed E-state index contributed by atoms with van der Waals surface area (Å²) in [7, 11) is 1.54. The third-order valence-corrected chi connectivity index (χ3v) is 60.2. The van der Waals surface area contributed by atoms with E-state index in [-0.39, 0.29) is 132 Å². The maximum absolute atomic E-state index is 11.6. The molecule has 0 bridgehead atoms. The molecule has 0 atom stereocenters. The molecule has 4 nitrogen and oxygen atoms in total. The van der Waals surface area contributed by atoms with Gasteiger partial charge in [-0.3, -0.25) is 0 Å². The Morgan fingerprint density at radius 3 is 0.714 bits per heavy atom. The van der Waals surface area contributed by atoms with Gasteiger partial charge in [0.05, 0.1) is 0 Å². The quantitative estimate of drug-likeness (QED) is 0.299. The Labute approximate surface area is 296 Å². The number of hydrogen-bond acceptors (Lipinski definition) is 6. The summed E-state index contributed by atoms with van der Waals surface area (Å²) in [5.74, 6) is 0. The Bertz CT molecular complexity index is 435. The van der Waals surface area contributed by atoms with Crippen molar-refractivity contribution in [2.75, 3.05) is 0 Å². The van der Waals surface area contributed by atoms with Crippen LogP contribution in [-0.2, 0) is 180 Å². The van der Waals surface area contributed by atoms with Crippen molar-refractivity contribution < 1.29 is 179 Å². The zero-order valence-corrected chi connectivity index (χ0v) is 56.8. The standard InChI is InChI=1S/2C6H14O2PS2.6Hg/c2*1-5(2)11(6(3)4)9(7,8)10;;;;;;/h2*5-6H,1-4H3;;;;;;/q2*-3;6*+1. The SMILES string of the molecule is CC(C)S(C(C)C)=P([O-])([O-])[S][Hg].CC(C)S(C(C)C)=P([O-])([O-])[S][Hg].[Hg+].[Hg+].[Hg+].[Hg+].